The number of hydrogen-bond donors (Lipinski definition) is 2. The molecule has 0 aromatic heterocycles. The first kappa shape index (κ1) is 14.4. The van der Waals surface area contributed by atoms with Gasteiger partial charge in [-0.2, -0.15) is 0 Å². The van der Waals surface area contributed by atoms with Crippen LogP contribution in [0.2, 0.25) is 0 Å². The van der Waals surface area contributed by atoms with E-state index >= 15 is 0 Å². The zero-order valence-corrected chi connectivity index (χ0v) is 10.1. The van der Waals surface area contributed by atoms with Crippen molar-refractivity contribution in [2.45, 2.75) is 26.7 Å². The van der Waals surface area contributed by atoms with E-state index in [1.54, 1.807) is 7.11 Å². The molecule has 0 aliphatic carbocycles. The maximum atomic E-state index is 11.4. The highest BCUT2D eigenvalue weighted by Crippen LogP contribution is 2.00. The minimum absolute atomic E-state index is 0.121. The molecule has 2 N–H and O–H groups in total. The molecule has 1 atom stereocenters. The number of hydrogen-bond acceptors (Lipinski definition) is 3. The van der Waals surface area contributed by atoms with E-state index in [1.807, 2.05) is 6.92 Å². The van der Waals surface area contributed by atoms with E-state index in [0.29, 0.717) is 18.9 Å². The van der Waals surface area contributed by atoms with Gasteiger partial charge in [0.05, 0.1) is 0 Å². The second-order valence-corrected chi connectivity index (χ2v) is 3.82. The summed E-state index contributed by atoms with van der Waals surface area (Å²) in [7, 11) is 1.66. The van der Waals surface area contributed by atoms with Gasteiger partial charge in [-0.1, -0.05) is 13.8 Å². The van der Waals surface area contributed by atoms with Crippen molar-refractivity contribution in [2.75, 3.05) is 33.4 Å². The van der Waals surface area contributed by atoms with Gasteiger partial charge in [-0.05, 0) is 25.4 Å². The fourth-order valence-electron chi connectivity index (χ4n) is 1.35. The summed E-state index contributed by atoms with van der Waals surface area (Å²) in [5.74, 6) is 0.416. The standard InChI is InChI=1S/C11H24N2O2/c1-4-12-6-5-7-13-11(14)8-10(2)9-15-3/h10,12H,4-9H2,1-3H3,(H,13,14). The summed E-state index contributed by atoms with van der Waals surface area (Å²) >= 11 is 0. The third-order valence-electron chi connectivity index (χ3n) is 2.09. The van der Waals surface area contributed by atoms with E-state index < -0.39 is 0 Å². The van der Waals surface area contributed by atoms with Crippen molar-refractivity contribution in [3.8, 4) is 0 Å². The molecule has 90 valence electrons. The molecular weight excluding hydrogens is 192 g/mol. The number of amides is 1. The third kappa shape index (κ3) is 9.69. The molecule has 0 heterocycles. The number of methoxy groups -OCH3 is 1. The summed E-state index contributed by atoms with van der Waals surface area (Å²) in [6.07, 6.45) is 1.54. The Kier molecular flexibility index (Phi) is 9.52. The fraction of sp³-hybridized carbons (Fsp3) is 0.909. The van der Waals surface area contributed by atoms with E-state index in [-0.39, 0.29) is 5.91 Å². The normalized spacial score (nSPS) is 12.5. The molecule has 0 fully saturated rings. The molecule has 0 radical (unpaired) electrons. The zero-order valence-electron chi connectivity index (χ0n) is 10.1. The van der Waals surface area contributed by atoms with Gasteiger partial charge in [-0.3, -0.25) is 4.79 Å². The summed E-state index contributed by atoms with van der Waals surface area (Å²) in [6, 6.07) is 0. The molecule has 0 aromatic rings. The van der Waals surface area contributed by atoms with Crippen molar-refractivity contribution in [3.63, 3.8) is 0 Å². The first-order chi connectivity index (χ1) is 7.20. The van der Waals surface area contributed by atoms with Gasteiger partial charge in [0.2, 0.25) is 5.91 Å². The van der Waals surface area contributed by atoms with Gasteiger partial charge < -0.3 is 15.4 Å². The van der Waals surface area contributed by atoms with Crippen LogP contribution in [0.5, 0.6) is 0 Å². The van der Waals surface area contributed by atoms with Gasteiger partial charge in [0.15, 0.2) is 0 Å². The average Bonchev–Trinajstić information content (AvgIpc) is 2.17. The molecule has 0 aliphatic heterocycles. The summed E-state index contributed by atoms with van der Waals surface area (Å²) in [4.78, 5) is 11.4. The molecule has 4 heteroatoms. The molecule has 0 aliphatic rings. The minimum atomic E-state index is 0.121. The van der Waals surface area contributed by atoms with Crippen molar-refractivity contribution in [3.05, 3.63) is 0 Å². The van der Waals surface area contributed by atoms with E-state index in [2.05, 4.69) is 17.6 Å². The molecule has 0 spiro atoms. The summed E-state index contributed by atoms with van der Waals surface area (Å²) in [6.45, 7) is 7.44. The Morgan fingerprint density at radius 2 is 2.13 bits per heavy atom. The Morgan fingerprint density at radius 3 is 2.73 bits per heavy atom. The topological polar surface area (TPSA) is 50.4 Å². The molecule has 4 nitrogen and oxygen atoms in total. The van der Waals surface area contributed by atoms with Crippen LogP contribution >= 0.6 is 0 Å². The van der Waals surface area contributed by atoms with Gasteiger partial charge in [-0.15, -0.1) is 0 Å². The number of carbonyl (C=O) groups excluding carboxylic acids is 1. The van der Waals surface area contributed by atoms with Gasteiger partial charge >= 0.3 is 0 Å². The lowest BCUT2D eigenvalue weighted by atomic mass is 10.1. The Balaban J connectivity index is 3.32. The van der Waals surface area contributed by atoms with Crippen molar-refractivity contribution in [1.82, 2.24) is 10.6 Å². The molecule has 0 aromatic carbocycles. The zero-order chi connectivity index (χ0) is 11.5. The quantitative estimate of drug-likeness (QED) is 0.560. The highest BCUT2D eigenvalue weighted by Gasteiger charge is 2.07. The van der Waals surface area contributed by atoms with Crippen molar-refractivity contribution < 1.29 is 9.53 Å². The lowest BCUT2D eigenvalue weighted by Gasteiger charge is -2.10. The molecule has 0 bridgehead atoms. The predicted octanol–water partition coefficient (Wildman–Crippen LogP) is 0.775. The van der Waals surface area contributed by atoms with Gasteiger partial charge in [-0.25, -0.2) is 0 Å². The third-order valence-corrected chi connectivity index (χ3v) is 2.09. The van der Waals surface area contributed by atoms with Crippen molar-refractivity contribution in [1.29, 1.82) is 0 Å². The number of carbonyl (C=O) groups is 1. The summed E-state index contributed by atoms with van der Waals surface area (Å²) < 4.78 is 4.97. The van der Waals surface area contributed by atoms with Gasteiger partial charge in [0.1, 0.15) is 0 Å². The van der Waals surface area contributed by atoms with Gasteiger partial charge in [0.25, 0.3) is 0 Å². The summed E-state index contributed by atoms with van der Waals surface area (Å²) in [5.41, 5.74) is 0. The van der Waals surface area contributed by atoms with Crippen LogP contribution < -0.4 is 10.6 Å². The molecule has 0 saturated heterocycles. The van der Waals surface area contributed by atoms with Crippen LogP contribution in [0.4, 0.5) is 0 Å². The Bertz CT molecular complexity index is 163. The Morgan fingerprint density at radius 1 is 1.40 bits per heavy atom. The van der Waals surface area contributed by atoms with Crippen LogP contribution in [0.1, 0.15) is 26.7 Å². The maximum Gasteiger partial charge on any atom is 0.220 e. The summed E-state index contributed by atoms with van der Waals surface area (Å²) in [5, 5.41) is 6.11. The van der Waals surface area contributed by atoms with E-state index in [4.69, 9.17) is 4.74 Å². The van der Waals surface area contributed by atoms with Crippen LogP contribution in [-0.4, -0.2) is 39.3 Å². The van der Waals surface area contributed by atoms with Crippen LogP contribution in [0.25, 0.3) is 0 Å². The van der Waals surface area contributed by atoms with Crippen molar-refractivity contribution >= 4 is 5.91 Å². The van der Waals surface area contributed by atoms with E-state index in [0.717, 1.165) is 26.1 Å². The first-order valence-electron chi connectivity index (χ1n) is 5.67. The molecule has 0 saturated carbocycles. The number of nitrogens with one attached hydrogen (secondary N) is 2. The van der Waals surface area contributed by atoms with E-state index in [1.165, 1.54) is 0 Å². The van der Waals surface area contributed by atoms with Gasteiger partial charge in [0, 0.05) is 26.7 Å². The largest absolute Gasteiger partial charge is 0.384 e. The Hall–Kier alpha value is -0.610. The molecule has 1 amide bonds. The number of rotatable bonds is 9. The SMILES string of the molecule is CCNCCCNC(=O)CC(C)COC. The van der Waals surface area contributed by atoms with E-state index in [9.17, 15) is 4.79 Å². The molecule has 15 heavy (non-hydrogen) atoms. The lowest BCUT2D eigenvalue weighted by molar-refractivity contribution is -0.122. The highest BCUT2D eigenvalue weighted by atomic mass is 16.5. The smallest absolute Gasteiger partial charge is 0.220 e. The van der Waals surface area contributed by atoms with Crippen LogP contribution in [0.3, 0.4) is 0 Å². The molecule has 0 rings (SSSR count). The lowest BCUT2D eigenvalue weighted by Crippen LogP contribution is -2.29. The van der Waals surface area contributed by atoms with Crippen molar-refractivity contribution in [2.24, 2.45) is 5.92 Å². The first-order valence-corrected chi connectivity index (χ1v) is 5.67. The van der Waals surface area contributed by atoms with Crippen LogP contribution in [0, 0.1) is 5.92 Å². The average molecular weight is 216 g/mol. The highest BCUT2D eigenvalue weighted by molar-refractivity contribution is 5.76. The van der Waals surface area contributed by atoms with Crippen LogP contribution in [0.15, 0.2) is 0 Å². The minimum Gasteiger partial charge on any atom is -0.384 e. The molecule has 1 unspecified atom stereocenters. The molecular formula is C11H24N2O2. The maximum absolute atomic E-state index is 11.4. The Labute approximate surface area is 92.8 Å². The predicted molar refractivity (Wildman–Crippen MR) is 61.8 cm³/mol. The second-order valence-electron chi connectivity index (χ2n) is 3.82. The fourth-order valence-corrected chi connectivity index (χ4v) is 1.35. The van der Waals surface area contributed by atoms with Crippen LogP contribution in [-0.2, 0) is 9.53 Å². The monoisotopic (exact) mass is 216 g/mol. The second kappa shape index (κ2) is 9.93. The number of ether oxygens (including phenoxy) is 1.